The van der Waals surface area contributed by atoms with Crippen LogP contribution in [0.5, 0.6) is 0 Å². The molecule has 2 aromatic carbocycles. The van der Waals surface area contributed by atoms with Gasteiger partial charge in [0, 0.05) is 34.6 Å². The molecule has 8 nitrogen and oxygen atoms in total. The number of aromatic nitrogens is 1. The van der Waals surface area contributed by atoms with Gasteiger partial charge in [-0.05, 0) is 48.5 Å². The van der Waals surface area contributed by atoms with E-state index < -0.39 is 28.4 Å². The molecule has 3 aromatic rings. The van der Waals surface area contributed by atoms with Crippen LogP contribution in [-0.2, 0) is 9.59 Å². The van der Waals surface area contributed by atoms with Crippen molar-refractivity contribution in [3.05, 3.63) is 105 Å². The summed E-state index contributed by atoms with van der Waals surface area (Å²) < 4.78 is 0. The summed E-state index contributed by atoms with van der Waals surface area (Å²) in [6.45, 7) is 0. The molecule has 1 amide bonds. The van der Waals surface area contributed by atoms with E-state index in [1.807, 2.05) is 0 Å². The molecule has 0 saturated carbocycles. The molecule has 1 saturated heterocycles. The second kappa shape index (κ2) is 8.00. The lowest BCUT2D eigenvalue weighted by Crippen LogP contribution is -2.29. The number of non-ortho nitro benzene ring substituents is 1. The molecule has 1 aliphatic heterocycles. The number of nitrogens with zero attached hydrogens (tertiary/aromatic N) is 3. The van der Waals surface area contributed by atoms with Gasteiger partial charge in [-0.2, -0.15) is 0 Å². The van der Waals surface area contributed by atoms with Gasteiger partial charge < -0.3 is 5.11 Å². The Labute approximate surface area is 181 Å². The second-order valence-corrected chi connectivity index (χ2v) is 7.14. The van der Waals surface area contributed by atoms with Gasteiger partial charge in [-0.3, -0.25) is 29.6 Å². The molecule has 1 aromatic heterocycles. The van der Waals surface area contributed by atoms with E-state index in [1.165, 1.54) is 35.4 Å². The lowest BCUT2D eigenvalue weighted by Gasteiger charge is -2.24. The van der Waals surface area contributed by atoms with E-state index >= 15 is 0 Å². The SMILES string of the molecule is O=C1C(=O)N(c2ccc(Cl)cc2)C(c2ccccn2)/C1=C(/O)c1ccc([N+](=O)[O-])cc1. The molecule has 0 radical (unpaired) electrons. The maximum Gasteiger partial charge on any atom is 0.300 e. The summed E-state index contributed by atoms with van der Waals surface area (Å²) in [5.74, 6) is -2.16. The molecular weight excluding hydrogens is 422 g/mol. The van der Waals surface area contributed by atoms with Crippen molar-refractivity contribution in [2.75, 3.05) is 4.90 Å². The number of aliphatic hydroxyl groups excluding tert-OH is 1. The molecule has 2 heterocycles. The van der Waals surface area contributed by atoms with Crippen LogP contribution >= 0.6 is 11.6 Å². The Morgan fingerprint density at radius 3 is 2.29 bits per heavy atom. The van der Waals surface area contributed by atoms with Crippen molar-refractivity contribution < 1.29 is 19.6 Å². The maximum atomic E-state index is 13.0. The van der Waals surface area contributed by atoms with Crippen molar-refractivity contribution >= 4 is 40.4 Å². The number of halogens is 1. The molecule has 1 aliphatic rings. The topological polar surface area (TPSA) is 114 Å². The zero-order valence-electron chi connectivity index (χ0n) is 15.8. The van der Waals surface area contributed by atoms with E-state index in [9.17, 15) is 24.8 Å². The van der Waals surface area contributed by atoms with Gasteiger partial charge in [-0.1, -0.05) is 17.7 Å². The van der Waals surface area contributed by atoms with E-state index in [0.29, 0.717) is 16.4 Å². The minimum absolute atomic E-state index is 0.160. The average molecular weight is 436 g/mol. The first-order valence-corrected chi connectivity index (χ1v) is 9.48. The van der Waals surface area contributed by atoms with Crippen molar-refractivity contribution in [3.63, 3.8) is 0 Å². The van der Waals surface area contributed by atoms with Gasteiger partial charge in [0.15, 0.2) is 0 Å². The van der Waals surface area contributed by atoms with E-state index in [0.717, 1.165) is 0 Å². The van der Waals surface area contributed by atoms with Gasteiger partial charge in [0.1, 0.15) is 11.8 Å². The number of carbonyl (C=O) groups excluding carboxylic acids is 2. The molecular formula is C22H14ClN3O5. The van der Waals surface area contributed by atoms with Gasteiger partial charge in [0.05, 0.1) is 16.2 Å². The van der Waals surface area contributed by atoms with Gasteiger partial charge in [-0.25, -0.2) is 0 Å². The second-order valence-electron chi connectivity index (χ2n) is 6.70. The number of carbonyl (C=O) groups is 2. The highest BCUT2D eigenvalue weighted by molar-refractivity contribution is 6.51. The highest BCUT2D eigenvalue weighted by Crippen LogP contribution is 2.41. The van der Waals surface area contributed by atoms with Gasteiger partial charge >= 0.3 is 0 Å². The van der Waals surface area contributed by atoms with Gasteiger partial charge in [0.25, 0.3) is 17.4 Å². The Bertz CT molecular complexity index is 1210. The highest BCUT2D eigenvalue weighted by atomic mass is 35.5. The molecule has 1 fully saturated rings. The molecule has 0 bridgehead atoms. The van der Waals surface area contributed by atoms with E-state index in [-0.39, 0.29) is 16.8 Å². The highest BCUT2D eigenvalue weighted by Gasteiger charge is 2.47. The fourth-order valence-electron chi connectivity index (χ4n) is 3.41. The van der Waals surface area contributed by atoms with Crippen LogP contribution in [0.3, 0.4) is 0 Å². The number of amides is 1. The van der Waals surface area contributed by atoms with Crippen LogP contribution in [-0.4, -0.2) is 26.7 Å². The zero-order valence-corrected chi connectivity index (χ0v) is 16.6. The number of hydrogen-bond donors (Lipinski definition) is 1. The number of pyridine rings is 1. The molecule has 1 atom stereocenters. The minimum Gasteiger partial charge on any atom is -0.507 e. The average Bonchev–Trinajstić information content (AvgIpc) is 3.05. The lowest BCUT2D eigenvalue weighted by atomic mass is 9.98. The van der Waals surface area contributed by atoms with Crippen LogP contribution in [0.15, 0.2) is 78.5 Å². The van der Waals surface area contributed by atoms with Crippen molar-refractivity contribution in [2.45, 2.75) is 6.04 Å². The molecule has 154 valence electrons. The number of anilines is 1. The Morgan fingerprint density at radius 1 is 1.03 bits per heavy atom. The first kappa shape index (κ1) is 20.2. The molecule has 31 heavy (non-hydrogen) atoms. The van der Waals surface area contributed by atoms with Gasteiger partial charge in [-0.15, -0.1) is 0 Å². The standard InChI is InChI=1S/C22H14ClN3O5/c23-14-6-10-15(11-7-14)25-19(17-3-1-2-12-24-17)18(21(28)22(25)29)20(27)13-4-8-16(9-5-13)26(30)31/h1-12,19,27H/b20-18-. The van der Waals surface area contributed by atoms with Crippen molar-refractivity contribution in [2.24, 2.45) is 0 Å². The molecule has 4 rings (SSSR count). The van der Waals surface area contributed by atoms with Crippen LogP contribution in [0.1, 0.15) is 17.3 Å². The number of hydrogen-bond acceptors (Lipinski definition) is 6. The molecule has 1 unspecified atom stereocenters. The lowest BCUT2D eigenvalue weighted by molar-refractivity contribution is -0.384. The monoisotopic (exact) mass is 435 g/mol. The number of Topliss-reactive ketones (excluding diaryl/α,β-unsaturated/α-hetero) is 1. The predicted molar refractivity (Wildman–Crippen MR) is 114 cm³/mol. The molecule has 0 spiro atoms. The fourth-order valence-corrected chi connectivity index (χ4v) is 3.54. The number of nitro benzene ring substituents is 1. The van der Waals surface area contributed by atoms with E-state index in [1.54, 1.807) is 42.5 Å². The summed E-state index contributed by atoms with van der Waals surface area (Å²) in [7, 11) is 0. The van der Waals surface area contributed by atoms with Crippen molar-refractivity contribution in [1.82, 2.24) is 4.98 Å². The Hall–Kier alpha value is -4.04. The number of nitro groups is 1. The first-order valence-electron chi connectivity index (χ1n) is 9.11. The van der Waals surface area contributed by atoms with E-state index in [2.05, 4.69) is 4.98 Å². The van der Waals surface area contributed by atoms with E-state index in [4.69, 9.17) is 11.6 Å². The first-order chi connectivity index (χ1) is 14.9. The quantitative estimate of drug-likeness (QED) is 0.215. The number of aliphatic hydroxyl groups is 1. The normalized spacial score (nSPS) is 17.7. The summed E-state index contributed by atoms with van der Waals surface area (Å²) in [5, 5.41) is 22.3. The molecule has 1 N–H and O–H groups in total. The van der Waals surface area contributed by atoms with Crippen LogP contribution in [0, 0.1) is 10.1 Å². The predicted octanol–water partition coefficient (Wildman–Crippen LogP) is 4.27. The van der Waals surface area contributed by atoms with Gasteiger partial charge in [0.2, 0.25) is 0 Å². The zero-order chi connectivity index (χ0) is 22.1. The Kier molecular flexibility index (Phi) is 5.22. The maximum absolute atomic E-state index is 13.0. The smallest absolute Gasteiger partial charge is 0.300 e. The summed E-state index contributed by atoms with van der Waals surface area (Å²) in [4.78, 5) is 41.8. The summed E-state index contributed by atoms with van der Waals surface area (Å²) >= 11 is 5.95. The third-order valence-corrected chi connectivity index (χ3v) is 5.12. The fraction of sp³-hybridized carbons (Fsp3) is 0.0455. The van der Waals surface area contributed by atoms with Crippen LogP contribution in [0.2, 0.25) is 5.02 Å². The molecule has 9 heteroatoms. The largest absolute Gasteiger partial charge is 0.507 e. The molecule has 0 aliphatic carbocycles. The van der Waals surface area contributed by atoms with Crippen LogP contribution in [0.25, 0.3) is 5.76 Å². The number of rotatable bonds is 4. The van der Waals surface area contributed by atoms with Crippen LogP contribution < -0.4 is 4.90 Å². The number of benzene rings is 2. The summed E-state index contributed by atoms with van der Waals surface area (Å²) in [6, 6.07) is 15.5. The Morgan fingerprint density at radius 2 is 1.71 bits per heavy atom. The Balaban J connectivity index is 1.90. The summed E-state index contributed by atoms with van der Waals surface area (Å²) in [6.07, 6.45) is 1.52. The third-order valence-electron chi connectivity index (χ3n) is 4.87. The third kappa shape index (κ3) is 3.64. The van der Waals surface area contributed by atoms with Crippen molar-refractivity contribution in [1.29, 1.82) is 0 Å². The number of ketones is 1. The van der Waals surface area contributed by atoms with Crippen molar-refractivity contribution in [3.8, 4) is 0 Å². The minimum atomic E-state index is -0.988. The van der Waals surface area contributed by atoms with Crippen LogP contribution in [0.4, 0.5) is 11.4 Å². The summed E-state index contributed by atoms with van der Waals surface area (Å²) in [5.41, 5.74) is 0.623.